The Bertz CT molecular complexity index is 688. The maximum Gasteiger partial charge on any atom is 0.225 e. The van der Waals surface area contributed by atoms with E-state index in [1.165, 1.54) is 0 Å². The Morgan fingerprint density at radius 1 is 1.13 bits per heavy atom. The first-order chi connectivity index (χ1) is 11.1. The summed E-state index contributed by atoms with van der Waals surface area (Å²) in [5, 5.41) is 3.26. The number of hydrogen-bond acceptors (Lipinski definition) is 3. The van der Waals surface area contributed by atoms with Gasteiger partial charge in [0.05, 0.1) is 12.9 Å². The lowest BCUT2D eigenvalue weighted by Gasteiger charge is -2.18. The molecule has 0 saturated carbocycles. The van der Waals surface area contributed by atoms with Crippen molar-refractivity contribution in [1.29, 1.82) is 0 Å². The van der Waals surface area contributed by atoms with E-state index >= 15 is 0 Å². The van der Waals surface area contributed by atoms with Crippen molar-refractivity contribution in [2.75, 3.05) is 24.4 Å². The van der Waals surface area contributed by atoms with Gasteiger partial charge in [-0.05, 0) is 47.2 Å². The van der Waals surface area contributed by atoms with Crippen LogP contribution < -0.4 is 5.32 Å². The van der Waals surface area contributed by atoms with E-state index in [1.54, 1.807) is 0 Å². The van der Waals surface area contributed by atoms with Crippen molar-refractivity contribution >= 4 is 41.7 Å². The molecule has 0 bridgehead atoms. The number of hydrogen-bond donors (Lipinski definition) is 1. The van der Waals surface area contributed by atoms with E-state index in [9.17, 15) is 4.57 Å². The summed E-state index contributed by atoms with van der Waals surface area (Å²) in [5.41, 5.74) is 2.08. The molecule has 122 valence electrons. The summed E-state index contributed by atoms with van der Waals surface area (Å²) in [6.45, 7) is 2.32. The maximum atomic E-state index is 12.9. The van der Waals surface area contributed by atoms with Crippen LogP contribution in [0.2, 0.25) is 0 Å². The van der Waals surface area contributed by atoms with Crippen LogP contribution >= 0.6 is 30.0 Å². The number of allylic oxidation sites excluding steroid dienone is 1. The molecule has 1 unspecified atom stereocenters. The van der Waals surface area contributed by atoms with Crippen LogP contribution in [-0.4, -0.2) is 19.1 Å². The molecule has 2 aromatic rings. The van der Waals surface area contributed by atoms with Gasteiger partial charge in [0.2, 0.25) is 7.37 Å². The number of benzene rings is 2. The van der Waals surface area contributed by atoms with Crippen molar-refractivity contribution in [2.24, 2.45) is 0 Å². The van der Waals surface area contributed by atoms with Gasteiger partial charge in [-0.1, -0.05) is 54.6 Å². The zero-order chi connectivity index (χ0) is 16.5. The third-order valence-electron chi connectivity index (χ3n) is 3.24. The molecule has 1 atom stereocenters. The summed E-state index contributed by atoms with van der Waals surface area (Å²) in [6.07, 6.45) is 4.67. The van der Waals surface area contributed by atoms with Gasteiger partial charge in [0.1, 0.15) is 0 Å². The highest BCUT2D eigenvalue weighted by Gasteiger charge is 2.21. The first-order valence-corrected chi connectivity index (χ1v) is 10.6. The first kappa shape index (κ1) is 18.2. The van der Waals surface area contributed by atoms with Gasteiger partial charge in [-0.3, -0.25) is 4.57 Å². The molecule has 0 fully saturated rings. The van der Waals surface area contributed by atoms with Crippen LogP contribution in [0.1, 0.15) is 12.5 Å². The van der Waals surface area contributed by atoms with E-state index in [4.69, 9.17) is 4.52 Å². The first-order valence-electron chi connectivity index (χ1n) is 7.55. The molecule has 2 aromatic carbocycles. The van der Waals surface area contributed by atoms with Crippen molar-refractivity contribution in [2.45, 2.75) is 6.92 Å². The quantitative estimate of drug-likeness (QED) is 0.423. The Labute approximate surface area is 151 Å². The predicted octanol–water partition coefficient (Wildman–Crippen LogP) is 5.69. The zero-order valence-electron chi connectivity index (χ0n) is 13.1. The lowest BCUT2D eigenvalue weighted by molar-refractivity contribution is 0.336. The van der Waals surface area contributed by atoms with Gasteiger partial charge in [-0.2, -0.15) is 0 Å². The van der Waals surface area contributed by atoms with Crippen molar-refractivity contribution < 1.29 is 9.09 Å². The van der Waals surface area contributed by atoms with Gasteiger partial charge in [0.25, 0.3) is 0 Å². The van der Waals surface area contributed by atoms with E-state index in [0.717, 1.165) is 14.8 Å². The molecule has 23 heavy (non-hydrogen) atoms. The van der Waals surface area contributed by atoms with Gasteiger partial charge in [0.15, 0.2) is 0 Å². The van der Waals surface area contributed by atoms with E-state index in [-0.39, 0.29) is 0 Å². The third kappa shape index (κ3) is 6.13. The van der Waals surface area contributed by atoms with Crippen LogP contribution in [0.25, 0.3) is 6.08 Å². The highest BCUT2D eigenvalue weighted by molar-refractivity contribution is 14.1. The monoisotopic (exact) mass is 441 g/mol. The summed E-state index contributed by atoms with van der Waals surface area (Å²) in [6, 6.07) is 17.9. The van der Waals surface area contributed by atoms with Crippen molar-refractivity contribution in [1.82, 2.24) is 0 Å². The number of anilines is 1. The fraction of sp³-hybridized carbons (Fsp3) is 0.222. The van der Waals surface area contributed by atoms with Crippen LogP contribution in [0.5, 0.6) is 0 Å². The second kappa shape index (κ2) is 9.26. The SMILES string of the molecule is CCOP(=O)(C/C=C/c1ccccc1)CNc1ccccc1I. The minimum Gasteiger partial charge on any atom is -0.375 e. The molecule has 0 heterocycles. The molecular formula is C18H21INO2P. The highest BCUT2D eigenvalue weighted by Crippen LogP contribution is 2.46. The largest absolute Gasteiger partial charge is 0.375 e. The Hall–Kier alpha value is -1.10. The van der Waals surface area contributed by atoms with E-state index in [1.807, 2.05) is 73.7 Å². The standard InChI is InChI=1S/C18H21INO2P/c1-2-22-23(21,14-8-11-16-9-4-3-5-10-16)15-20-18-13-7-6-12-17(18)19/h3-13,20H,2,14-15H2,1H3/b11-8+. The average Bonchev–Trinajstić information content (AvgIpc) is 2.55. The summed E-state index contributed by atoms with van der Waals surface area (Å²) in [7, 11) is -2.74. The Morgan fingerprint density at radius 2 is 1.83 bits per heavy atom. The lowest BCUT2D eigenvalue weighted by Crippen LogP contribution is -2.08. The van der Waals surface area contributed by atoms with Gasteiger partial charge in [0, 0.05) is 15.4 Å². The summed E-state index contributed by atoms with van der Waals surface area (Å²) >= 11 is 2.26. The maximum absolute atomic E-state index is 12.9. The van der Waals surface area contributed by atoms with Crippen molar-refractivity contribution in [3.63, 3.8) is 0 Å². The average molecular weight is 441 g/mol. The second-order valence-corrected chi connectivity index (χ2v) is 8.77. The minimum atomic E-state index is -2.74. The molecular weight excluding hydrogens is 420 g/mol. The smallest absolute Gasteiger partial charge is 0.225 e. The van der Waals surface area contributed by atoms with Crippen LogP contribution in [-0.2, 0) is 9.09 Å². The van der Waals surface area contributed by atoms with Crippen LogP contribution in [0.3, 0.4) is 0 Å². The second-order valence-electron chi connectivity index (χ2n) is 5.04. The predicted molar refractivity (Wildman–Crippen MR) is 107 cm³/mol. The number of para-hydroxylation sites is 1. The van der Waals surface area contributed by atoms with Gasteiger partial charge >= 0.3 is 0 Å². The van der Waals surface area contributed by atoms with Crippen LogP contribution in [0, 0.1) is 3.57 Å². The highest BCUT2D eigenvalue weighted by atomic mass is 127. The molecule has 0 aromatic heterocycles. The van der Waals surface area contributed by atoms with Crippen molar-refractivity contribution in [3.05, 3.63) is 69.8 Å². The van der Waals surface area contributed by atoms with Gasteiger partial charge < -0.3 is 9.84 Å². The van der Waals surface area contributed by atoms with E-state index in [0.29, 0.717) is 19.1 Å². The fourth-order valence-corrected chi connectivity index (χ4v) is 4.33. The topological polar surface area (TPSA) is 38.3 Å². The summed E-state index contributed by atoms with van der Waals surface area (Å²) in [5.74, 6) is 0. The molecule has 5 heteroatoms. The summed E-state index contributed by atoms with van der Waals surface area (Å²) in [4.78, 5) is 0. The molecule has 3 nitrogen and oxygen atoms in total. The normalized spacial score (nSPS) is 13.8. The fourth-order valence-electron chi connectivity index (χ4n) is 2.12. The number of rotatable bonds is 8. The molecule has 0 radical (unpaired) electrons. The Morgan fingerprint density at radius 3 is 2.52 bits per heavy atom. The van der Waals surface area contributed by atoms with E-state index in [2.05, 4.69) is 27.9 Å². The molecule has 0 aliphatic carbocycles. The van der Waals surface area contributed by atoms with Gasteiger partial charge in [-0.15, -0.1) is 0 Å². The molecule has 0 saturated heterocycles. The Kier molecular flexibility index (Phi) is 7.34. The molecule has 0 spiro atoms. The summed E-state index contributed by atoms with van der Waals surface area (Å²) < 4.78 is 19.6. The van der Waals surface area contributed by atoms with Crippen LogP contribution in [0.15, 0.2) is 60.7 Å². The molecule has 0 amide bonds. The zero-order valence-corrected chi connectivity index (χ0v) is 16.2. The minimum absolute atomic E-state index is 0.333. The molecule has 0 aliphatic rings. The number of nitrogens with one attached hydrogen (secondary N) is 1. The molecule has 0 aliphatic heterocycles. The van der Waals surface area contributed by atoms with Gasteiger partial charge in [-0.25, -0.2) is 0 Å². The van der Waals surface area contributed by atoms with Crippen LogP contribution in [0.4, 0.5) is 5.69 Å². The number of halogens is 1. The third-order valence-corrected chi connectivity index (χ3v) is 6.32. The Balaban J connectivity index is 1.99. The van der Waals surface area contributed by atoms with Crippen molar-refractivity contribution in [3.8, 4) is 0 Å². The lowest BCUT2D eigenvalue weighted by atomic mass is 10.2. The molecule has 1 N–H and O–H groups in total. The molecule has 2 rings (SSSR count). The van der Waals surface area contributed by atoms with E-state index < -0.39 is 7.37 Å².